The van der Waals surface area contributed by atoms with Gasteiger partial charge in [-0.1, -0.05) is 27.5 Å². The van der Waals surface area contributed by atoms with Gasteiger partial charge in [-0.15, -0.1) is 0 Å². The summed E-state index contributed by atoms with van der Waals surface area (Å²) in [5.41, 5.74) is 1.84. The summed E-state index contributed by atoms with van der Waals surface area (Å²) in [6.07, 6.45) is 0. The molecule has 1 unspecified atom stereocenters. The number of nitrogens with zero attached hydrogens (tertiary/aromatic N) is 1. The van der Waals surface area contributed by atoms with Gasteiger partial charge < -0.3 is 4.90 Å². The van der Waals surface area contributed by atoms with Gasteiger partial charge >= 0.3 is 0 Å². The normalized spacial score (nSPS) is 25.4. The fraction of sp³-hybridized carbons (Fsp3) is 0.300. The van der Waals surface area contributed by atoms with Crippen molar-refractivity contribution in [3.8, 4) is 0 Å². The average Bonchev–Trinajstić information content (AvgIpc) is 2.29. The molecule has 14 heavy (non-hydrogen) atoms. The molecule has 74 valence electrons. The van der Waals surface area contributed by atoms with Gasteiger partial charge in [0.05, 0.1) is 0 Å². The fourth-order valence-corrected chi connectivity index (χ4v) is 2.47. The van der Waals surface area contributed by atoms with Crippen LogP contribution in [0.15, 0.2) is 18.2 Å². The van der Waals surface area contributed by atoms with E-state index in [0.717, 1.165) is 11.3 Å². The molecule has 1 heterocycles. The number of carbonyl (C=O) groups is 1. The molecule has 0 N–H and O–H groups in total. The van der Waals surface area contributed by atoms with Crippen molar-refractivity contribution in [3.05, 3.63) is 28.8 Å². The standard InChI is InChI=1S/C10H9BrClNO/c1-10(11)7-5-6(12)3-4-8(7)13(2)9(10)14/h3-5H,1-2H3. The smallest absolute Gasteiger partial charge is 0.247 e. The summed E-state index contributed by atoms with van der Waals surface area (Å²) in [7, 11) is 1.77. The van der Waals surface area contributed by atoms with Gasteiger partial charge in [-0.2, -0.15) is 0 Å². The zero-order valence-electron chi connectivity index (χ0n) is 7.84. The van der Waals surface area contributed by atoms with Gasteiger partial charge in [0.15, 0.2) is 0 Å². The molecule has 1 aromatic rings. The summed E-state index contributed by atoms with van der Waals surface area (Å²) in [6.45, 7) is 1.84. The number of alkyl halides is 1. The Bertz CT molecular complexity index is 417. The van der Waals surface area contributed by atoms with Crippen molar-refractivity contribution >= 4 is 39.1 Å². The zero-order chi connectivity index (χ0) is 10.5. The molecular formula is C10H9BrClNO. The SMILES string of the molecule is CN1C(=O)C(C)(Br)c2cc(Cl)ccc21. The van der Waals surface area contributed by atoms with Crippen LogP contribution in [0.4, 0.5) is 5.69 Å². The summed E-state index contributed by atoms with van der Waals surface area (Å²) in [5, 5.41) is 0.650. The molecule has 0 saturated carbocycles. The Hall–Kier alpha value is -0.540. The number of anilines is 1. The van der Waals surface area contributed by atoms with Crippen LogP contribution in [0.2, 0.25) is 5.02 Å². The maximum atomic E-state index is 11.8. The molecule has 0 bridgehead atoms. The van der Waals surface area contributed by atoms with Crippen molar-refractivity contribution < 1.29 is 4.79 Å². The van der Waals surface area contributed by atoms with Crippen molar-refractivity contribution in [1.29, 1.82) is 0 Å². The molecule has 0 spiro atoms. The highest BCUT2D eigenvalue weighted by molar-refractivity contribution is 9.10. The second kappa shape index (κ2) is 2.97. The average molecular weight is 275 g/mol. The molecule has 1 atom stereocenters. The minimum atomic E-state index is -0.637. The summed E-state index contributed by atoms with van der Waals surface area (Å²) < 4.78 is -0.637. The number of fused-ring (bicyclic) bond motifs is 1. The predicted octanol–water partition coefficient (Wildman–Crippen LogP) is 2.93. The fourth-order valence-electron chi connectivity index (χ4n) is 1.72. The molecule has 0 fully saturated rings. The highest BCUT2D eigenvalue weighted by Crippen LogP contribution is 2.45. The van der Waals surface area contributed by atoms with Gasteiger partial charge in [0, 0.05) is 23.3 Å². The topological polar surface area (TPSA) is 20.3 Å². The minimum Gasteiger partial charge on any atom is -0.314 e. The van der Waals surface area contributed by atoms with Crippen LogP contribution in [0.1, 0.15) is 12.5 Å². The van der Waals surface area contributed by atoms with Gasteiger partial charge in [-0.3, -0.25) is 4.79 Å². The molecule has 0 radical (unpaired) electrons. The van der Waals surface area contributed by atoms with Crippen LogP contribution in [0, 0.1) is 0 Å². The molecule has 1 aromatic carbocycles. The van der Waals surface area contributed by atoms with Gasteiger partial charge in [-0.25, -0.2) is 0 Å². The summed E-state index contributed by atoms with van der Waals surface area (Å²) in [5.74, 6) is 0.0368. The van der Waals surface area contributed by atoms with E-state index in [2.05, 4.69) is 15.9 Å². The number of halogens is 2. The molecule has 0 saturated heterocycles. The van der Waals surface area contributed by atoms with Gasteiger partial charge in [0.25, 0.3) is 0 Å². The highest BCUT2D eigenvalue weighted by atomic mass is 79.9. The largest absolute Gasteiger partial charge is 0.314 e. The molecule has 0 aliphatic carbocycles. The maximum absolute atomic E-state index is 11.8. The molecule has 1 aliphatic heterocycles. The molecule has 4 heteroatoms. The third-order valence-corrected chi connectivity index (χ3v) is 3.53. The number of benzene rings is 1. The molecule has 1 aliphatic rings. The minimum absolute atomic E-state index is 0.0368. The van der Waals surface area contributed by atoms with E-state index in [1.54, 1.807) is 18.0 Å². The van der Waals surface area contributed by atoms with Crippen molar-refractivity contribution in [2.24, 2.45) is 0 Å². The quantitative estimate of drug-likeness (QED) is 0.666. The van der Waals surface area contributed by atoms with Gasteiger partial charge in [0.1, 0.15) is 4.32 Å². The number of hydrogen-bond donors (Lipinski definition) is 0. The van der Waals surface area contributed by atoms with Crippen LogP contribution >= 0.6 is 27.5 Å². The van der Waals surface area contributed by atoms with E-state index in [0.29, 0.717) is 5.02 Å². The Morgan fingerprint density at radius 3 is 2.79 bits per heavy atom. The van der Waals surface area contributed by atoms with E-state index in [1.807, 2.05) is 19.1 Å². The van der Waals surface area contributed by atoms with Crippen LogP contribution in [0.25, 0.3) is 0 Å². The summed E-state index contributed by atoms with van der Waals surface area (Å²) in [6, 6.07) is 5.48. The first kappa shape index (κ1) is 9.99. The van der Waals surface area contributed by atoms with E-state index in [1.165, 1.54) is 0 Å². The number of likely N-dealkylation sites (N-methyl/N-ethyl adjacent to an activating group) is 1. The van der Waals surface area contributed by atoms with Crippen LogP contribution in [0.3, 0.4) is 0 Å². The van der Waals surface area contributed by atoms with Crippen LogP contribution in [-0.2, 0) is 9.12 Å². The molecular weight excluding hydrogens is 265 g/mol. The lowest BCUT2D eigenvalue weighted by molar-refractivity contribution is -0.119. The van der Waals surface area contributed by atoms with Crippen molar-refractivity contribution in [1.82, 2.24) is 0 Å². The van der Waals surface area contributed by atoms with E-state index in [4.69, 9.17) is 11.6 Å². The lowest BCUT2D eigenvalue weighted by Crippen LogP contribution is -2.31. The molecule has 2 nitrogen and oxygen atoms in total. The summed E-state index contributed by atoms with van der Waals surface area (Å²) >= 11 is 9.33. The van der Waals surface area contributed by atoms with Crippen molar-refractivity contribution in [2.75, 3.05) is 11.9 Å². The number of rotatable bonds is 0. The second-order valence-corrected chi connectivity index (χ2v) is 5.55. The van der Waals surface area contributed by atoms with Gasteiger partial charge in [-0.05, 0) is 25.1 Å². The van der Waals surface area contributed by atoms with Crippen LogP contribution in [-0.4, -0.2) is 13.0 Å². The van der Waals surface area contributed by atoms with E-state index in [9.17, 15) is 4.79 Å². The lowest BCUT2D eigenvalue weighted by atomic mass is 10.0. The van der Waals surface area contributed by atoms with Crippen LogP contribution < -0.4 is 4.90 Å². The van der Waals surface area contributed by atoms with E-state index >= 15 is 0 Å². The third kappa shape index (κ3) is 1.19. The Labute approximate surface area is 96.0 Å². The number of hydrogen-bond acceptors (Lipinski definition) is 1. The third-order valence-electron chi connectivity index (χ3n) is 2.53. The monoisotopic (exact) mass is 273 g/mol. The summed E-state index contributed by atoms with van der Waals surface area (Å²) in [4.78, 5) is 13.5. The Kier molecular flexibility index (Phi) is 2.12. The second-order valence-electron chi connectivity index (χ2n) is 3.53. The Balaban J connectivity index is 2.69. The van der Waals surface area contributed by atoms with E-state index in [-0.39, 0.29) is 5.91 Å². The first-order valence-corrected chi connectivity index (χ1v) is 5.39. The van der Waals surface area contributed by atoms with Crippen molar-refractivity contribution in [3.63, 3.8) is 0 Å². The first-order chi connectivity index (χ1) is 6.44. The number of amides is 1. The Morgan fingerprint density at radius 2 is 2.14 bits per heavy atom. The Morgan fingerprint density at radius 1 is 1.50 bits per heavy atom. The predicted molar refractivity (Wildman–Crippen MR) is 61.1 cm³/mol. The molecule has 2 rings (SSSR count). The molecule has 0 aromatic heterocycles. The van der Waals surface area contributed by atoms with Crippen molar-refractivity contribution in [2.45, 2.75) is 11.2 Å². The lowest BCUT2D eigenvalue weighted by Gasteiger charge is -2.14. The molecule has 1 amide bonds. The maximum Gasteiger partial charge on any atom is 0.247 e. The zero-order valence-corrected chi connectivity index (χ0v) is 10.2. The van der Waals surface area contributed by atoms with Crippen LogP contribution in [0.5, 0.6) is 0 Å². The van der Waals surface area contributed by atoms with E-state index < -0.39 is 4.32 Å². The number of carbonyl (C=O) groups excluding carboxylic acids is 1. The first-order valence-electron chi connectivity index (χ1n) is 4.21. The van der Waals surface area contributed by atoms with Gasteiger partial charge in [0.2, 0.25) is 5.91 Å². The highest BCUT2D eigenvalue weighted by Gasteiger charge is 2.43.